The summed E-state index contributed by atoms with van der Waals surface area (Å²) in [4.78, 5) is 29.5. The van der Waals surface area contributed by atoms with Gasteiger partial charge in [-0.25, -0.2) is 0 Å². The van der Waals surface area contributed by atoms with Gasteiger partial charge < -0.3 is 10.2 Å². The summed E-state index contributed by atoms with van der Waals surface area (Å²) in [5.74, 6) is 0.448. The molecule has 1 atom stereocenters. The molecule has 0 aromatic heterocycles. The highest BCUT2D eigenvalue weighted by molar-refractivity contribution is 5.85. The summed E-state index contributed by atoms with van der Waals surface area (Å²) in [7, 11) is 0. The molecule has 1 saturated carbocycles. The molecule has 1 aliphatic carbocycles. The van der Waals surface area contributed by atoms with E-state index in [1.54, 1.807) is 0 Å². The molecule has 2 aliphatic heterocycles. The number of nitrogens with zero attached hydrogens (tertiary/aromatic N) is 2. The summed E-state index contributed by atoms with van der Waals surface area (Å²) in [6.45, 7) is 5.95. The van der Waals surface area contributed by atoms with Crippen LogP contribution in [0.1, 0.15) is 50.5 Å². The van der Waals surface area contributed by atoms with Gasteiger partial charge in [-0.15, -0.1) is 0 Å². The Balaban J connectivity index is 1.47. The number of benzene rings is 1. The average molecular weight is 370 g/mol. The van der Waals surface area contributed by atoms with Crippen LogP contribution in [0.15, 0.2) is 30.3 Å². The van der Waals surface area contributed by atoms with E-state index in [-0.39, 0.29) is 17.2 Å². The lowest BCUT2D eigenvalue weighted by Crippen LogP contribution is -2.55. The number of piperidine rings is 2. The summed E-state index contributed by atoms with van der Waals surface area (Å²) in [5, 5.41) is 2.89. The molecule has 4 rings (SSSR count). The Morgan fingerprint density at radius 3 is 2.52 bits per heavy atom. The second kappa shape index (κ2) is 7.63. The molecule has 5 nitrogen and oxygen atoms in total. The molecule has 2 saturated heterocycles. The molecule has 2 heterocycles. The van der Waals surface area contributed by atoms with E-state index in [4.69, 9.17) is 0 Å². The van der Waals surface area contributed by atoms with Gasteiger partial charge in [-0.2, -0.15) is 0 Å². The highest BCUT2D eigenvalue weighted by Gasteiger charge is 2.49. The summed E-state index contributed by atoms with van der Waals surface area (Å²) < 4.78 is 0. The van der Waals surface area contributed by atoms with E-state index in [9.17, 15) is 9.59 Å². The van der Waals surface area contributed by atoms with E-state index in [1.165, 1.54) is 0 Å². The van der Waals surface area contributed by atoms with Gasteiger partial charge in [-0.1, -0.05) is 30.3 Å². The van der Waals surface area contributed by atoms with Crippen molar-refractivity contribution in [1.29, 1.82) is 0 Å². The number of likely N-dealkylation sites (tertiary alicyclic amines) is 2. The molecule has 1 N–H and O–H groups in total. The molecule has 1 unspecified atom stereocenters. The van der Waals surface area contributed by atoms with Crippen molar-refractivity contribution in [2.75, 3.05) is 32.7 Å². The monoisotopic (exact) mass is 369 g/mol. The van der Waals surface area contributed by atoms with Crippen LogP contribution in [0.4, 0.5) is 0 Å². The molecule has 5 heteroatoms. The van der Waals surface area contributed by atoms with Crippen molar-refractivity contribution in [2.45, 2.75) is 51.0 Å². The third-order valence-electron chi connectivity index (χ3n) is 6.57. The zero-order valence-corrected chi connectivity index (χ0v) is 16.3. The quantitative estimate of drug-likeness (QED) is 0.867. The van der Waals surface area contributed by atoms with Crippen LogP contribution in [-0.2, 0) is 9.59 Å². The van der Waals surface area contributed by atoms with Crippen LogP contribution < -0.4 is 5.32 Å². The number of amides is 2. The number of hydrogen-bond donors (Lipinski definition) is 1. The number of likely N-dealkylation sites (N-methyl/N-ethyl adjacent to an activating group) is 1. The molecule has 2 amide bonds. The molecule has 1 aromatic rings. The van der Waals surface area contributed by atoms with Crippen LogP contribution in [0.3, 0.4) is 0 Å². The number of carbonyl (C=O) groups excluding carboxylic acids is 2. The van der Waals surface area contributed by atoms with E-state index in [2.05, 4.69) is 27.2 Å². The number of nitrogens with one attached hydrogen (secondary N) is 1. The Labute approximate surface area is 162 Å². The van der Waals surface area contributed by atoms with Crippen molar-refractivity contribution in [2.24, 2.45) is 5.41 Å². The largest absolute Gasteiger partial charge is 0.355 e. The third-order valence-corrected chi connectivity index (χ3v) is 6.57. The minimum absolute atomic E-state index is 0.00418. The normalized spacial score (nSPS) is 25.6. The van der Waals surface area contributed by atoms with Gasteiger partial charge in [-0.05, 0) is 63.1 Å². The van der Waals surface area contributed by atoms with Gasteiger partial charge in [0.25, 0.3) is 0 Å². The van der Waals surface area contributed by atoms with E-state index in [0.29, 0.717) is 25.0 Å². The van der Waals surface area contributed by atoms with Crippen LogP contribution in [0.5, 0.6) is 0 Å². The molecule has 1 aromatic carbocycles. The lowest BCUT2D eigenvalue weighted by molar-refractivity contribution is -0.142. The van der Waals surface area contributed by atoms with Crippen LogP contribution in [0.2, 0.25) is 0 Å². The van der Waals surface area contributed by atoms with Gasteiger partial charge in [0.1, 0.15) is 0 Å². The number of carbonyl (C=O) groups is 2. The smallest absolute Gasteiger partial charge is 0.234 e. The second-order valence-electron chi connectivity index (χ2n) is 8.59. The Morgan fingerprint density at radius 1 is 1.19 bits per heavy atom. The number of hydrogen-bond acceptors (Lipinski definition) is 3. The first-order valence-electron chi connectivity index (χ1n) is 10.4. The maximum atomic E-state index is 13.2. The molecule has 0 bridgehead atoms. The highest BCUT2D eigenvalue weighted by atomic mass is 16.2. The third kappa shape index (κ3) is 4.03. The molecule has 27 heavy (non-hydrogen) atoms. The molecule has 0 radical (unpaired) electrons. The summed E-state index contributed by atoms with van der Waals surface area (Å²) >= 11 is 0. The Bertz CT molecular complexity index is 678. The van der Waals surface area contributed by atoms with Gasteiger partial charge in [0.2, 0.25) is 11.8 Å². The lowest BCUT2D eigenvalue weighted by Gasteiger charge is -2.50. The molecule has 146 valence electrons. The van der Waals surface area contributed by atoms with Gasteiger partial charge in [0.05, 0.1) is 12.5 Å². The molecule has 1 spiro atoms. The Kier molecular flexibility index (Phi) is 5.22. The highest BCUT2D eigenvalue weighted by Crippen LogP contribution is 2.48. The summed E-state index contributed by atoms with van der Waals surface area (Å²) in [5.41, 5.74) is 1.37. The predicted molar refractivity (Wildman–Crippen MR) is 105 cm³/mol. The van der Waals surface area contributed by atoms with Crippen molar-refractivity contribution in [3.63, 3.8) is 0 Å². The predicted octanol–water partition coefficient (Wildman–Crippen LogP) is 2.38. The van der Waals surface area contributed by atoms with Crippen molar-refractivity contribution >= 4 is 11.8 Å². The standard InChI is InChI=1S/C22H31N3O2/c1-2-23-20(26)15-24-12-10-22(11-13-24)14-19(17-6-4-3-5-7-17)21(27)25(16-22)18-8-9-18/h3-7,18-19H,2,8-16H2,1H3,(H,23,26). The molecule has 3 aliphatic rings. The second-order valence-corrected chi connectivity index (χ2v) is 8.59. The average Bonchev–Trinajstić information content (AvgIpc) is 3.52. The van der Waals surface area contributed by atoms with Crippen molar-refractivity contribution in [3.05, 3.63) is 35.9 Å². The fraction of sp³-hybridized carbons (Fsp3) is 0.636. The first-order valence-corrected chi connectivity index (χ1v) is 10.4. The Morgan fingerprint density at radius 2 is 1.89 bits per heavy atom. The zero-order valence-electron chi connectivity index (χ0n) is 16.3. The van der Waals surface area contributed by atoms with Gasteiger partial charge in [0, 0.05) is 19.1 Å². The van der Waals surface area contributed by atoms with E-state index in [0.717, 1.165) is 57.3 Å². The zero-order chi connectivity index (χ0) is 18.9. The van der Waals surface area contributed by atoms with Crippen molar-refractivity contribution in [1.82, 2.24) is 15.1 Å². The molecule has 3 fully saturated rings. The lowest BCUT2D eigenvalue weighted by atomic mass is 9.67. The van der Waals surface area contributed by atoms with E-state index >= 15 is 0 Å². The topological polar surface area (TPSA) is 52.7 Å². The minimum Gasteiger partial charge on any atom is -0.355 e. The van der Waals surface area contributed by atoms with Crippen molar-refractivity contribution < 1.29 is 9.59 Å². The molecular formula is C22H31N3O2. The van der Waals surface area contributed by atoms with Crippen molar-refractivity contribution in [3.8, 4) is 0 Å². The van der Waals surface area contributed by atoms with E-state index in [1.807, 2.05) is 25.1 Å². The van der Waals surface area contributed by atoms with Crippen LogP contribution >= 0.6 is 0 Å². The van der Waals surface area contributed by atoms with Crippen LogP contribution in [0, 0.1) is 5.41 Å². The van der Waals surface area contributed by atoms with Gasteiger partial charge in [-0.3, -0.25) is 14.5 Å². The molecular weight excluding hydrogens is 338 g/mol. The fourth-order valence-corrected chi connectivity index (χ4v) is 4.87. The summed E-state index contributed by atoms with van der Waals surface area (Å²) in [6, 6.07) is 10.8. The maximum absolute atomic E-state index is 13.2. The fourth-order valence-electron chi connectivity index (χ4n) is 4.87. The van der Waals surface area contributed by atoms with E-state index < -0.39 is 0 Å². The SMILES string of the molecule is CCNC(=O)CN1CCC2(CC1)CC(c1ccccc1)C(=O)N(C1CC1)C2. The summed E-state index contributed by atoms with van der Waals surface area (Å²) in [6.07, 6.45) is 5.42. The Hall–Kier alpha value is -1.88. The first-order chi connectivity index (χ1) is 13.1. The minimum atomic E-state index is -0.00418. The van der Waals surface area contributed by atoms with Gasteiger partial charge >= 0.3 is 0 Å². The maximum Gasteiger partial charge on any atom is 0.234 e. The first kappa shape index (κ1) is 18.5. The van der Waals surface area contributed by atoms with Crippen LogP contribution in [0.25, 0.3) is 0 Å². The van der Waals surface area contributed by atoms with Crippen LogP contribution in [-0.4, -0.2) is 60.4 Å². The number of rotatable bonds is 5. The van der Waals surface area contributed by atoms with Gasteiger partial charge in [0.15, 0.2) is 0 Å².